The highest BCUT2D eigenvalue weighted by atomic mass is 35.5. The Labute approximate surface area is 181 Å². The zero-order valence-corrected chi connectivity index (χ0v) is 16.8. The second-order valence-corrected chi connectivity index (χ2v) is 7.40. The molecule has 0 radical (unpaired) electrons. The molecule has 0 bridgehead atoms. The van der Waals surface area contributed by atoms with Crippen LogP contribution in [0.25, 0.3) is 0 Å². The van der Waals surface area contributed by atoms with Crippen LogP contribution in [-0.4, -0.2) is 16.8 Å². The summed E-state index contributed by atoms with van der Waals surface area (Å²) in [6, 6.07) is 11.9. The Morgan fingerprint density at radius 2 is 2.03 bits per heavy atom. The number of fused-ring (bicyclic) bond motifs is 1. The number of carbonyl (C=O) groups is 2. The Morgan fingerprint density at radius 1 is 1.20 bits per heavy atom. The molecule has 1 atom stereocenters. The van der Waals surface area contributed by atoms with E-state index in [1.54, 1.807) is 24.3 Å². The molecule has 9 heteroatoms. The minimum absolute atomic E-state index is 0.0655. The molecule has 2 amide bonds. The van der Waals surface area contributed by atoms with E-state index in [0.717, 1.165) is 0 Å². The maximum atomic E-state index is 13.5. The van der Waals surface area contributed by atoms with Gasteiger partial charge in [0.2, 0.25) is 17.7 Å². The number of pyridine rings is 1. The number of halogens is 3. The normalized spacial score (nSPS) is 15.2. The molecule has 30 heavy (non-hydrogen) atoms. The SMILES string of the molecule is O=C1CC(C(=O)Nc2cccnc2Oc2ccc(Cl)cc2Cl)c2ccc(F)cc2N1. The van der Waals surface area contributed by atoms with Gasteiger partial charge in [0, 0.05) is 23.3 Å². The van der Waals surface area contributed by atoms with Crippen LogP contribution in [0, 0.1) is 5.82 Å². The second kappa shape index (κ2) is 8.30. The summed E-state index contributed by atoms with van der Waals surface area (Å²) in [5.41, 5.74) is 1.10. The fourth-order valence-electron chi connectivity index (χ4n) is 3.12. The fraction of sp³-hybridized carbons (Fsp3) is 0.0952. The third-order valence-corrected chi connectivity index (χ3v) is 5.03. The standard InChI is InChI=1S/C21H14Cl2FN3O3/c22-11-3-6-18(15(23)8-11)30-21-16(2-1-7-25-21)27-20(29)14-10-19(28)26-17-9-12(24)4-5-13(14)17/h1-9,14H,10H2,(H,26,28)(H,27,29). The van der Waals surface area contributed by atoms with Gasteiger partial charge in [0.1, 0.15) is 17.3 Å². The molecule has 1 aliphatic rings. The lowest BCUT2D eigenvalue weighted by atomic mass is 9.89. The van der Waals surface area contributed by atoms with Crippen LogP contribution in [0.4, 0.5) is 15.8 Å². The van der Waals surface area contributed by atoms with Gasteiger partial charge in [-0.3, -0.25) is 9.59 Å². The van der Waals surface area contributed by atoms with Crippen molar-refractivity contribution in [1.29, 1.82) is 0 Å². The highest BCUT2D eigenvalue weighted by Gasteiger charge is 2.31. The predicted molar refractivity (Wildman–Crippen MR) is 112 cm³/mol. The molecular formula is C21H14Cl2FN3O3. The molecule has 3 aromatic rings. The third-order valence-electron chi connectivity index (χ3n) is 4.50. The van der Waals surface area contributed by atoms with Gasteiger partial charge in [-0.1, -0.05) is 29.3 Å². The molecule has 0 saturated heterocycles. The van der Waals surface area contributed by atoms with Crippen LogP contribution < -0.4 is 15.4 Å². The molecule has 152 valence electrons. The zero-order chi connectivity index (χ0) is 21.3. The van der Waals surface area contributed by atoms with Crippen molar-refractivity contribution in [3.8, 4) is 11.6 Å². The Morgan fingerprint density at radius 3 is 2.83 bits per heavy atom. The van der Waals surface area contributed by atoms with Crippen LogP contribution in [0.2, 0.25) is 10.0 Å². The van der Waals surface area contributed by atoms with Gasteiger partial charge in [0.15, 0.2) is 0 Å². The van der Waals surface area contributed by atoms with Crippen molar-refractivity contribution in [2.24, 2.45) is 0 Å². The number of carbonyl (C=O) groups excluding carboxylic acids is 2. The van der Waals surface area contributed by atoms with Gasteiger partial charge in [0.25, 0.3) is 0 Å². The molecule has 0 fully saturated rings. The van der Waals surface area contributed by atoms with Crippen LogP contribution in [0.3, 0.4) is 0 Å². The first kappa shape index (κ1) is 20.1. The average molecular weight is 446 g/mol. The number of aromatic nitrogens is 1. The Kier molecular flexibility index (Phi) is 5.57. The lowest BCUT2D eigenvalue weighted by Gasteiger charge is -2.25. The van der Waals surface area contributed by atoms with Gasteiger partial charge >= 0.3 is 0 Å². The maximum absolute atomic E-state index is 13.5. The van der Waals surface area contributed by atoms with Crippen LogP contribution in [-0.2, 0) is 9.59 Å². The molecule has 1 aliphatic heterocycles. The number of nitrogens with zero attached hydrogens (tertiary/aromatic N) is 1. The zero-order valence-electron chi connectivity index (χ0n) is 15.3. The Bertz CT molecular complexity index is 1160. The molecule has 2 aromatic carbocycles. The average Bonchev–Trinajstić information content (AvgIpc) is 2.70. The van der Waals surface area contributed by atoms with E-state index in [9.17, 15) is 14.0 Å². The number of hydrogen-bond donors (Lipinski definition) is 2. The molecule has 4 rings (SSSR count). The van der Waals surface area contributed by atoms with Crippen molar-refractivity contribution in [3.63, 3.8) is 0 Å². The number of benzene rings is 2. The summed E-state index contributed by atoms with van der Waals surface area (Å²) in [5.74, 6) is -1.68. The minimum atomic E-state index is -0.790. The van der Waals surface area contributed by atoms with Crippen LogP contribution in [0.1, 0.15) is 17.9 Å². The van der Waals surface area contributed by atoms with Crippen molar-refractivity contribution in [3.05, 3.63) is 76.2 Å². The number of rotatable bonds is 4. The molecule has 0 saturated carbocycles. The molecule has 2 heterocycles. The van der Waals surface area contributed by atoms with Gasteiger partial charge < -0.3 is 15.4 Å². The van der Waals surface area contributed by atoms with E-state index in [2.05, 4.69) is 15.6 Å². The Balaban J connectivity index is 1.60. The molecule has 1 aromatic heterocycles. The van der Waals surface area contributed by atoms with E-state index >= 15 is 0 Å². The van der Waals surface area contributed by atoms with Crippen molar-refractivity contribution < 1.29 is 18.7 Å². The quantitative estimate of drug-likeness (QED) is 0.564. The monoisotopic (exact) mass is 445 g/mol. The largest absolute Gasteiger partial charge is 0.435 e. The fourth-order valence-corrected chi connectivity index (χ4v) is 3.57. The lowest BCUT2D eigenvalue weighted by Crippen LogP contribution is -2.31. The van der Waals surface area contributed by atoms with Gasteiger partial charge in [-0.05, 0) is 48.0 Å². The molecule has 6 nitrogen and oxygen atoms in total. The summed E-state index contributed by atoms with van der Waals surface area (Å²) < 4.78 is 19.3. The molecule has 0 aliphatic carbocycles. The number of hydrogen-bond acceptors (Lipinski definition) is 4. The summed E-state index contributed by atoms with van der Waals surface area (Å²) in [6.45, 7) is 0. The summed E-state index contributed by atoms with van der Waals surface area (Å²) >= 11 is 12.0. The molecule has 1 unspecified atom stereocenters. The summed E-state index contributed by atoms with van der Waals surface area (Å²) in [4.78, 5) is 29.1. The van der Waals surface area contributed by atoms with E-state index in [4.69, 9.17) is 27.9 Å². The van der Waals surface area contributed by atoms with Crippen molar-refractivity contribution in [1.82, 2.24) is 4.98 Å². The highest BCUT2D eigenvalue weighted by molar-refractivity contribution is 6.35. The minimum Gasteiger partial charge on any atom is -0.435 e. The van der Waals surface area contributed by atoms with Crippen molar-refractivity contribution in [2.45, 2.75) is 12.3 Å². The van der Waals surface area contributed by atoms with Gasteiger partial charge in [-0.2, -0.15) is 0 Å². The van der Waals surface area contributed by atoms with Gasteiger partial charge in [0.05, 0.1) is 10.9 Å². The lowest BCUT2D eigenvalue weighted by molar-refractivity contribution is -0.123. The first-order valence-electron chi connectivity index (χ1n) is 8.89. The van der Waals surface area contributed by atoms with Crippen LogP contribution >= 0.6 is 23.2 Å². The molecular weight excluding hydrogens is 432 g/mol. The van der Waals surface area contributed by atoms with Gasteiger partial charge in [-0.25, -0.2) is 9.37 Å². The maximum Gasteiger partial charge on any atom is 0.243 e. The smallest absolute Gasteiger partial charge is 0.243 e. The van der Waals surface area contributed by atoms with E-state index < -0.39 is 17.6 Å². The Hall–Kier alpha value is -3.16. The molecule has 0 spiro atoms. The summed E-state index contributed by atoms with van der Waals surface area (Å²) in [6.07, 6.45) is 1.44. The first-order valence-corrected chi connectivity index (χ1v) is 9.64. The molecule has 2 N–H and O–H groups in total. The topological polar surface area (TPSA) is 80.3 Å². The van der Waals surface area contributed by atoms with E-state index in [-0.39, 0.29) is 28.9 Å². The third kappa shape index (κ3) is 4.22. The first-order chi connectivity index (χ1) is 14.4. The van der Waals surface area contributed by atoms with E-state index in [0.29, 0.717) is 22.0 Å². The number of nitrogens with one attached hydrogen (secondary N) is 2. The van der Waals surface area contributed by atoms with Crippen molar-refractivity contribution >= 4 is 46.4 Å². The second-order valence-electron chi connectivity index (χ2n) is 6.56. The van der Waals surface area contributed by atoms with Crippen LogP contribution in [0.15, 0.2) is 54.7 Å². The number of amides is 2. The van der Waals surface area contributed by atoms with Crippen molar-refractivity contribution in [2.75, 3.05) is 10.6 Å². The van der Waals surface area contributed by atoms with E-state index in [1.807, 2.05) is 0 Å². The van der Waals surface area contributed by atoms with E-state index in [1.165, 1.54) is 30.5 Å². The predicted octanol–water partition coefficient (Wildman–Crippen LogP) is 5.38. The van der Waals surface area contributed by atoms with Crippen LogP contribution in [0.5, 0.6) is 11.6 Å². The number of ether oxygens (including phenoxy) is 1. The highest BCUT2D eigenvalue weighted by Crippen LogP contribution is 2.36. The number of anilines is 2. The van der Waals surface area contributed by atoms with Gasteiger partial charge in [-0.15, -0.1) is 0 Å². The summed E-state index contributed by atoms with van der Waals surface area (Å²) in [5, 5.41) is 6.06. The summed E-state index contributed by atoms with van der Waals surface area (Å²) in [7, 11) is 0.